The summed E-state index contributed by atoms with van der Waals surface area (Å²) in [6, 6.07) is 3.71. The first kappa shape index (κ1) is 16.2. The van der Waals surface area contributed by atoms with Crippen molar-refractivity contribution in [3.05, 3.63) is 24.0 Å². The molecule has 1 fully saturated rings. The van der Waals surface area contributed by atoms with Gasteiger partial charge in [0.05, 0.1) is 5.69 Å². The molecule has 1 aliphatic rings. The summed E-state index contributed by atoms with van der Waals surface area (Å²) in [4.78, 5) is 2.14. The van der Waals surface area contributed by atoms with Gasteiger partial charge in [0.15, 0.2) is 0 Å². The second-order valence-corrected chi connectivity index (χ2v) is 7.07. The molecule has 0 atom stereocenters. The molecule has 0 radical (unpaired) electrons. The number of rotatable bonds is 5. The van der Waals surface area contributed by atoms with Gasteiger partial charge in [-0.2, -0.15) is 0 Å². The number of para-hydroxylation sites is 1. The van der Waals surface area contributed by atoms with Crippen molar-refractivity contribution in [1.29, 1.82) is 0 Å². The number of nitrogens with one attached hydrogen (secondary N) is 1. The van der Waals surface area contributed by atoms with Crippen molar-refractivity contribution in [2.45, 2.75) is 37.1 Å². The number of anilines is 1. The van der Waals surface area contributed by atoms with E-state index in [4.69, 9.17) is 5.73 Å². The first-order valence-corrected chi connectivity index (χ1v) is 8.71. The van der Waals surface area contributed by atoms with Crippen LogP contribution in [0.15, 0.2) is 23.1 Å². The van der Waals surface area contributed by atoms with Gasteiger partial charge in [-0.25, -0.2) is 17.5 Å². The Morgan fingerprint density at radius 2 is 2.05 bits per heavy atom. The first-order valence-electron chi connectivity index (χ1n) is 7.22. The molecule has 1 aromatic rings. The summed E-state index contributed by atoms with van der Waals surface area (Å²) < 4.78 is 40.7. The van der Waals surface area contributed by atoms with E-state index in [0.29, 0.717) is 0 Å². The quantitative estimate of drug-likeness (QED) is 0.809. The molecule has 0 aromatic heterocycles. The van der Waals surface area contributed by atoms with Crippen molar-refractivity contribution in [1.82, 2.24) is 9.62 Å². The number of nitrogens with zero attached hydrogens (tertiary/aromatic N) is 1. The van der Waals surface area contributed by atoms with Gasteiger partial charge in [-0.15, -0.1) is 0 Å². The minimum Gasteiger partial charge on any atom is -0.395 e. The molecule has 118 valence electrons. The molecule has 5 nitrogen and oxygen atoms in total. The Bertz CT molecular complexity index is 584. The molecule has 21 heavy (non-hydrogen) atoms. The van der Waals surface area contributed by atoms with Crippen LogP contribution in [-0.4, -0.2) is 39.0 Å². The number of piperidine rings is 1. The Morgan fingerprint density at radius 1 is 1.38 bits per heavy atom. The lowest BCUT2D eigenvalue weighted by molar-refractivity contribution is 0.208. The monoisotopic (exact) mass is 315 g/mol. The molecule has 1 aromatic carbocycles. The third kappa shape index (κ3) is 3.93. The number of nitrogen functional groups attached to an aromatic ring is 1. The zero-order chi connectivity index (χ0) is 15.5. The van der Waals surface area contributed by atoms with E-state index in [9.17, 15) is 12.8 Å². The Balaban J connectivity index is 2.04. The van der Waals surface area contributed by atoms with E-state index in [1.165, 1.54) is 12.1 Å². The first-order chi connectivity index (χ1) is 9.94. The highest BCUT2D eigenvalue weighted by Gasteiger charge is 2.26. The Hall–Kier alpha value is -1.18. The molecular formula is C14H22FN3O2S. The summed E-state index contributed by atoms with van der Waals surface area (Å²) in [5, 5.41) is 0. The van der Waals surface area contributed by atoms with Gasteiger partial charge in [0.1, 0.15) is 10.7 Å². The average Bonchev–Trinajstić information content (AvgIpc) is 2.44. The molecule has 1 aliphatic heterocycles. The highest BCUT2D eigenvalue weighted by Crippen LogP contribution is 2.22. The highest BCUT2D eigenvalue weighted by atomic mass is 32.2. The molecule has 0 unspecified atom stereocenters. The van der Waals surface area contributed by atoms with Crippen molar-refractivity contribution in [3.8, 4) is 0 Å². The van der Waals surface area contributed by atoms with E-state index >= 15 is 0 Å². The Labute approximate surface area is 125 Å². The van der Waals surface area contributed by atoms with Crippen LogP contribution in [0.4, 0.5) is 10.1 Å². The predicted molar refractivity (Wildman–Crippen MR) is 80.9 cm³/mol. The second-order valence-electron chi connectivity index (χ2n) is 5.39. The fourth-order valence-electron chi connectivity index (χ4n) is 2.63. The summed E-state index contributed by atoms with van der Waals surface area (Å²) in [6.45, 7) is 4.91. The number of nitrogens with two attached hydrogens (primary N) is 1. The van der Waals surface area contributed by atoms with Gasteiger partial charge in [-0.05, 0) is 51.0 Å². The van der Waals surface area contributed by atoms with Crippen molar-refractivity contribution in [2.75, 3.05) is 25.4 Å². The van der Waals surface area contributed by atoms with E-state index in [1.807, 2.05) is 0 Å². The maximum atomic E-state index is 13.4. The molecule has 1 heterocycles. The van der Waals surface area contributed by atoms with Gasteiger partial charge in [0.2, 0.25) is 10.0 Å². The number of sulfonamides is 1. The van der Waals surface area contributed by atoms with E-state index < -0.39 is 15.8 Å². The number of hydrogen-bond acceptors (Lipinski definition) is 4. The van der Waals surface area contributed by atoms with Crippen molar-refractivity contribution in [2.24, 2.45) is 0 Å². The lowest BCUT2D eigenvalue weighted by Crippen LogP contribution is -2.44. The van der Waals surface area contributed by atoms with Crippen molar-refractivity contribution < 1.29 is 12.8 Å². The summed E-state index contributed by atoms with van der Waals surface area (Å²) in [5.41, 5.74) is 5.21. The van der Waals surface area contributed by atoms with E-state index in [2.05, 4.69) is 16.5 Å². The molecule has 0 aliphatic carbocycles. The molecule has 3 N–H and O–H groups in total. The van der Waals surface area contributed by atoms with Crippen LogP contribution in [0.25, 0.3) is 0 Å². The summed E-state index contributed by atoms with van der Waals surface area (Å²) in [7, 11) is -3.78. The van der Waals surface area contributed by atoms with E-state index in [0.717, 1.165) is 45.0 Å². The number of halogens is 1. The van der Waals surface area contributed by atoms with Crippen LogP contribution >= 0.6 is 0 Å². The predicted octanol–water partition coefficient (Wildman–Crippen LogP) is 1.56. The van der Waals surface area contributed by atoms with Crippen LogP contribution in [0.5, 0.6) is 0 Å². The van der Waals surface area contributed by atoms with Crippen LogP contribution in [0.1, 0.15) is 26.2 Å². The highest BCUT2D eigenvalue weighted by molar-refractivity contribution is 7.89. The number of benzene rings is 1. The van der Waals surface area contributed by atoms with Gasteiger partial charge >= 0.3 is 0 Å². The van der Waals surface area contributed by atoms with Crippen LogP contribution < -0.4 is 10.5 Å². The number of hydrogen-bond donors (Lipinski definition) is 2. The van der Waals surface area contributed by atoms with Gasteiger partial charge in [-0.1, -0.05) is 13.0 Å². The minimum atomic E-state index is -3.78. The topological polar surface area (TPSA) is 75.4 Å². The largest absolute Gasteiger partial charge is 0.395 e. The van der Waals surface area contributed by atoms with Gasteiger partial charge in [0, 0.05) is 6.04 Å². The third-order valence-electron chi connectivity index (χ3n) is 3.75. The summed E-state index contributed by atoms with van der Waals surface area (Å²) in [5.74, 6) is -0.712. The molecule has 7 heteroatoms. The molecule has 0 spiro atoms. The fraction of sp³-hybridized carbons (Fsp3) is 0.571. The van der Waals surface area contributed by atoms with E-state index in [-0.39, 0.29) is 16.6 Å². The molecule has 0 amide bonds. The second kappa shape index (κ2) is 6.72. The van der Waals surface area contributed by atoms with Crippen LogP contribution in [0.2, 0.25) is 0 Å². The lowest BCUT2D eigenvalue weighted by atomic mass is 10.1. The maximum Gasteiger partial charge on any atom is 0.242 e. The molecular weight excluding hydrogens is 293 g/mol. The van der Waals surface area contributed by atoms with Crippen LogP contribution in [0, 0.1) is 5.82 Å². The van der Waals surface area contributed by atoms with Crippen LogP contribution in [-0.2, 0) is 10.0 Å². The Kier molecular flexibility index (Phi) is 5.18. The lowest BCUT2D eigenvalue weighted by Gasteiger charge is -2.31. The third-order valence-corrected chi connectivity index (χ3v) is 5.33. The number of likely N-dealkylation sites (tertiary alicyclic amines) is 1. The van der Waals surface area contributed by atoms with Gasteiger partial charge < -0.3 is 10.6 Å². The SMILES string of the molecule is CCCN1CCC(NS(=O)(=O)c2cccc(F)c2N)CC1. The van der Waals surface area contributed by atoms with E-state index in [1.54, 1.807) is 0 Å². The Morgan fingerprint density at radius 3 is 2.67 bits per heavy atom. The van der Waals surface area contributed by atoms with Gasteiger partial charge in [0.25, 0.3) is 0 Å². The van der Waals surface area contributed by atoms with Gasteiger partial charge in [-0.3, -0.25) is 0 Å². The minimum absolute atomic E-state index is 0.120. The summed E-state index contributed by atoms with van der Waals surface area (Å²) >= 11 is 0. The van der Waals surface area contributed by atoms with Crippen molar-refractivity contribution >= 4 is 15.7 Å². The van der Waals surface area contributed by atoms with Crippen molar-refractivity contribution in [3.63, 3.8) is 0 Å². The fourth-order valence-corrected chi connectivity index (χ4v) is 4.07. The smallest absolute Gasteiger partial charge is 0.242 e. The molecule has 1 saturated heterocycles. The normalized spacial score (nSPS) is 18.0. The maximum absolute atomic E-state index is 13.4. The standard InChI is InChI=1S/C14H22FN3O2S/c1-2-8-18-9-6-11(7-10-18)17-21(19,20)13-5-3-4-12(15)14(13)16/h3-5,11,17H,2,6-10,16H2,1H3. The molecule has 0 saturated carbocycles. The average molecular weight is 315 g/mol. The molecule has 2 rings (SSSR count). The van der Waals surface area contributed by atoms with Crippen LogP contribution in [0.3, 0.4) is 0 Å². The zero-order valence-corrected chi connectivity index (χ0v) is 13.0. The zero-order valence-electron chi connectivity index (χ0n) is 12.2. The summed E-state index contributed by atoms with van der Waals surface area (Å²) in [6.07, 6.45) is 2.61. The molecule has 0 bridgehead atoms.